The van der Waals surface area contributed by atoms with E-state index in [1.54, 1.807) is 6.07 Å². The number of hydrogen-bond donors (Lipinski definition) is 1. The summed E-state index contributed by atoms with van der Waals surface area (Å²) in [6.45, 7) is 6.87. The lowest BCUT2D eigenvalue weighted by atomic mass is 9.99. The van der Waals surface area contributed by atoms with Gasteiger partial charge in [-0.1, -0.05) is 6.07 Å². The Morgan fingerprint density at radius 1 is 1.43 bits per heavy atom. The zero-order chi connectivity index (χ0) is 15.4. The number of likely N-dealkylation sites (N-methyl/N-ethyl adjacent to an activating group) is 1. The summed E-state index contributed by atoms with van der Waals surface area (Å²) in [6.07, 6.45) is 0.0129. The van der Waals surface area contributed by atoms with Crippen LogP contribution in [0.1, 0.15) is 25.5 Å². The molecule has 1 N–H and O–H groups in total. The third-order valence-electron chi connectivity index (χ3n) is 4.07. The first-order chi connectivity index (χ1) is 10.1. The highest BCUT2D eigenvalue weighted by atomic mass is 19.1. The summed E-state index contributed by atoms with van der Waals surface area (Å²) in [7, 11) is 3.35. The van der Waals surface area contributed by atoms with Gasteiger partial charge in [0, 0.05) is 19.1 Å². The van der Waals surface area contributed by atoms with Crippen molar-refractivity contribution in [3.8, 4) is 5.75 Å². The highest BCUT2D eigenvalue weighted by molar-refractivity contribution is 5.31. The quantitative estimate of drug-likeness (QED) is 0.903. The second-order valence-corrected chi connectivity index (χ2v) is 5.66. The second-order valence-electron chi connectivity index (χ2n) is 5.66. The molecule has 0 bridgehead atoms. The molecule has 0 saturated carbocycles. The van der Waals surface area contributed by atoms with E-state index in [0.29, 0.717) is 12.6 Å². The number of halogens is 1. The molecule has 1 aromatic rings. The third kappa shape index (κ3) is 3.73. The molecular formula is C16H25FN2O2. The molecule has 2 unspecified atom stereocenters. The van der Waals surface area contributed by atoms with Crippen molar-refractivity contribution in [2.24, 2.45) is 0 Å². The molecule has 1 aromatic carbocycles. The predicted molar refractivity (Wildman–Crippen MR) is 81.2 cm³/mol. The fourth-order valence-corrected chi connectivity index (χ4v) is 2.81. The van der Waals surface area contributed by atoms with Gasteiger partial charge in [0.05, 0.1) is 25.9 Å². The molecule has 118 valence electrons. The van der Waals surface area contributed by atoms with Crippen LogP contribution in [0, 0.1) is 5.82 Å². The summed E-state index contributed by atoms with van der Waals surface area (Å²) in [5, 5.41) is 3.25. The molecule has 0 spiro atoms. The molecular weight excluding hydrogens is 271 g/mol. The fourth-order valence-electron chi connectivity index (χ4n) is 2.81. The van der Waals surface area contributed by atoms with Crippen LogP contribution in [0.4, 0.5) is 4.39 Å². The highest BCUT2D eigenvalue weighted by Crippen LogP contribution is 2.26. The maximum atomic E-state index is 13.9. The SMILES string of the molecule is CNC(c1ccc(OC)c(F)c1)C1CN(C(C)C)CCO1. The highest BCUT2D eigenvalue weighted by Gasteiger charge is 2.29. The Hall–Kier alpha value is -1.17. The molecule has 0 aromatic heterocycles. The second kappa shape index (κ2) is 7.20. The molecule has 5 heteroatoms. The number of nitrogens with zero attached hydrogens (tertiary/aromatic N) is 1. The third-order valence-corrected chi connectivity index (χ3v) is 4.07. The average Bonchev–Trinajstić information content (AvgIpc) is 2.48. The van der Waals surface area contributed by atoms with Crippen LogP contribution >= 0.6 is 0 Å². The Labute approximate surface area is 126 Å². The van der Waals surface area contributed by atoms with E-state index in [0.717, 1.165) is 18.7 Å². The van der Waals surface area contributed by atoms with Crippen molar-refractivity contribution in [3.63, 3.8) is 0 Å². The first-order valence-electron chi connectivity index (χ1n) is 7.43. The first-order valence-corrected chi connectivity index (χ1v) is 7.43. The van der Waals surface area contributed by atoms with Crippen LogP contribution in [0.15, 0.2) is 18.2 Å². The Bertz CT molecular complexity index is 468. The Morgan fingerprint density at radius 2 is 2.19 bits per heavy atom. The molecule has 2 rings (SSSR count). The molecule has 2 atom stereocenters. The smallest absolute Gasteiger partial charge is 0.165 e. The van der Waals surface area contributed by atoms with Gasteiger partial charge < -0.3 is 14.8 Å². The van der Waals surface area contributed by atoms with Crippen LogP contribution in [0.2, 0.25) is 0 Å². The number of hydrogen-bond acceptors (Lipinski definition) is 4. The average molecular weight is 296 g/mol. The summed E-state index contributed by atoms with van der Waals surface area (Å²) >= 11 is 0. The molecule has 1 fully saturated rings. The summed E-state index contributed by atoms with van der Waals surface area (Å²) in [5.74, 6) is -0.0752. The Balaban J connectivity index is 2.17. The number of nitrogens with one attached hydrogen (secondary N) is 1. The van der Waals surface area contributed by atoms with Crippen molar-refractivity contribution in [2.45, 2.75) is 32.0 Å². The van der Waals surface area contributed by atoms with E-state index >= 15 is 0 Å². The van der Waals surface area contributed by atoms with Crippen molar-refractivity contribution < 1.29 is 13.9 Å². The molecule has 1 aliphatic rings. The molecule has 0 amide bonds. The van der Waals surface area contributed by atoms with Gasteiger partial charge in [-0.05, 0) is 38.6 Å². The summed E-state index contributed by atoms with van der Waals surface area (Å²) in [4.78, 5) is 2.39. The molecule has 21 heavy (non-hydrogen) atoms. The molecule has 0 radical (unpaired) electrons. The van der Waals surface area contributed by atoms with Crippen molar-refractivity contribution >= 4 is 0 Å². The first kappa shape index (κ1) is 16.2. The zero-order valence-corrected chi connectivity index (χ0v) is 13.2. The largest absolute Gasteiger partial charge is 0.494 e. The number of morpholine rings is 1. The Kier molecular flexibility index (Phi) is 5.56. The van der Waals surface area contributed by atoms with Crippen LogP contribution in [0.3, 0.4) is 0 Å². The predicted octanol–water partition coefficient (Wildman–Crippen LogP) is 2.20. The molecule has 1 aliphatic heterocycles. The summed E-state index contributed by atoms with van der Waals surface area (Å²) < 4.78 is 24.8. The van der Waals surface area contributed by atoms with Crippen molar-refractivity contribution in [1.29, 1.82) is 0 Å². The minimum atomic E-state index is -0.341. The lowest BCUT2D eigenvalue weighted by molar-refractivity contribution is -0.0550. The van der Waals surface area contributed by atoms with Crippen molar-refractivity contribution in [3.05, 3.63) is 29.6 Å². The van der Waals surface area contributed by atoms with E-state index in [4.69, 9.17) is 9.47 Å². The maximum Gasteiger partial charge on any atom is 0.165 e. The van der Waals surface area contributed by atoms with Crippen LogP contribution in [-0.2, 0) is 4.74 Å². The van der Waals surface area contributed by atoms with E-state index in [1.165, 1.54) is 13.2 Å². The van der Waals surface area contributed by atoms with Gasteiger partial charge in [0.25, 0.3) is 0 Å². The number of methoxy groups -OCH3 is 1. The van der Waals surface area contributed by atoms with E-state index in [-0.39, 0.29) is 23.7 Å². The lowest BCUT2D eigenvalue weighted by Gasteiger charge is -2.39. The van der Waals surface area contributed by atoms with Gasteiger partial charge >= 0.3 is 0 Å². The number of ether oxygens (including phenoxy) is 2. The van der Waals surface area contributed by atoms with Crippen LogP contribution in [-0.4, -0.2) is 50.9 Å². The van der Waals surface area contributed by atoms with E-state index < -0.39 is 0 Å². The standard InChI is InChI=1S/C16H25FN2O2/c1-11(2)19-7-8-21-15(10-19)16(18-3)12-5-6-14(20-4)13(17)9-12/h5-6,9,11,15-16,18H,7-8,10H2,1-4H3. The topological polar surface area (TPSA) is 33.7 Å². The summed E-state index contributed by atoms with van der Waals surface area (Å²) in [5.41, 5.74) is 0.881. The van der Waals surface area contributed by atoms with Crippen molar-refractivity contribution in [1.82, 2.24) is 10.2 Å². The maximum absolute atomic E-state index is 13.9. The van der Waals surface area contributed by atoms with E-state index in [9.17, 15) is 4.39 Å². The van der Waals surface area contributed by atoms with Crippen molar-refractivity contribution in [2.75, 3.05) is 33.9 Å². The van der Waals surface area contributed by atoms with Crippen LogP contribution in [0.5, 0.6) is 5.75 Å². The van der Waals surface area contributed by atoms with Crippen LogP contribution in [0.25, 0.3) is 0 Å². The van der Waals surface area contributed by atoms with E-state index in [1.807, 2.05) is 13.1 Å². The minimum absolute atomic E-state index is 0.0129. The monoisotopic (exact) mass is 296 g/mol. The minimum Gasteiger partial charge on any atom is -0.494 e. The molecule has 1 heterocycles. The van der Waals surface area contributed by atoms with Crippen LogP contribution < -0.4 is 10.1 Å². The Morgan fingerprint density at radius 3 is 2.76 bits per heavy atom. The summed E-state index contributed by atoms with van der Waals surface area (Å²) in [6, 6.07) is 5.53. The molecule has 4 nitrogen and oxygen atoms in total. The van der Waals surface area contributed by atoms with Gasteiger partial charge in [-0.3, -0.25) is 4.90 Å². The van der Waals surface area contributed by atoms with Gasteiger partial charge in [0.15, 0.2) is 11.6 Å². The normalized spacial score (nSPS) is 21.5. The molecule has 1 saturated heterocycles. The van der Waals surface area contributed by atoms with Gasteiger partial charge in [0.1, 0.15) is 0 Å². The van der Waals surface area contributed by atoms with E-state index in [2.05, 4.69) is 24.1 Å². The zero-order valence-electron chi connectivity index (χ0n) is 13.2. The number of benzene rings is 1. The molecule has 0 aliphatic carbocycles. The van der Waals surface area contributed by atoms with Gasteiger partial charge in [0.2, 0.25) is 0 Å². The lowest BCUT2D eigenvalue weighted by Crippen LogP contribution is -2.49. The van der Waals surface area contributed by atoms with Gasteiger partial charge in [-0.25, -0.2) is 4.39 Å². The van der Waals surface area contributed by atoms with Gasteiger partial charge in [-0.2, -0.15) is 0 Å². The number of rotatable bonds is 5. The van der Waals surface area contributed by atoms with Gasteiger partial charge in [-0.15, -0.1) is 0 Å². The fraction of sp³-hybridized carbons (Fsp3) is 0.625.